The van der Waals surface area contributed by atoms with Gasteiger partial charge in [0.25, 0.3) is 5.53 Å². The van der Waals surface area contributed by atoms with Crippen molar-refractivity contribution in [2.24, 2.45) is 0 Å². The second-order valence-electron chi connectivity index (χ2n) is 5.83. The molecular formula is C20H20NO5PS. The number of ether oxygens (including phenoxy) is 3. The Morgan fingerprint density at radius 3 is 2.36 bits per heavy atom. The van der Waals surface area contributed by atoms with E-state index in [0.717, 1.165) is 20.8 Å². The van der Waals surface area contributed by atoms with Crippen LogP contribution in [0.15, 0.2) is 42.5 Å². The molecule has 0 aliphatic carbocycles. The maximum Gasteiger partial charge on any atom is 0.308 e. The molecule has 3 aromatic rings. The van der Waals surface area contributed by atoms with Gasteiger partial charge in [0.1, 0.15) is 10.8 Å². The van der Waals surface area contributed by atoms with Gasteiger partial charge in [-0.15, -0.1) is 11.3 Å². The van der Waals surface area contributed by atoms with Crippen LogP contribution in [-0.4, -0.2) is 24.2 Å². The number of benzene rings is 2. The molecule has 0 saturated carbocycles. The lowest BCUT2D eigenvalue weighted by Crippen LogP contribution is -2.27. The highest BCUT2D eigenvalue weighted by molar-refractivity contribution is 7.25. The molecule has 146 valence electrons. The van der Waals surface area contributed by atoms with E-state index in [0.29, 0.717) is 24.5 Å². The Hall–Kier alpha value is -2.18. The quantitative estimate of drug-likeness (QED) is 0.212. The van der Waals surface area contributed by atoms with E-state index in [-0.39, 0.29) is 14.4 Å². The average molecular weight is 417 g/mol. The van der Waals surface area contributed by atoms with Crippen molar-refractivity contribution in [3.63, 3.8) is 0 Å². The van der Waals surface area contributed by atoms with Gasteiger partial charge in [-0.2, -0.15) is 0 Å². The first kappa shape index (κ1) is 20.6. The second-order valence-corrected chi connectivity index (χ2v) is 7.60. The first-order valence-electron chi connectivity index (χ1n) is 8.84. The van der Waals surface area contributed by atoms with Crippen LogP contribution in [0.25, 0.3) is 20.8 Å². The summed E-state index contributed by atoms with van der Waals surface area (Å²) in [6, 6.07) is 12.9. The number of rotatable bonds is 8. The number of fused-ring (bicyclic) bond motifs is 1. The van der Waals surface area contributed by atoms with Crippen LogP contribution in [0.3, 0.4) is 0 Å². The summed E-state index contributed by atoms with van der Waals surface area (Å²) in [7, 11) is -0.259. The zero-order chi connectivity index (χ0) is 20.1. The second kappa shape index (κ2) is 8.88. The fourth-order valence-electron chi connectivity index (χ4n) is 2.81. The molecule has 0 bridgehead atoms. The molecule has 0 radical (unpaired) electrons. The predicted octanol–water partition coefficient (Wildman–Crippen LogP) is 5.36. The van der Waals surface area contributed by atoms with Crippen LogP contribution in [-0.2, 0) is 24.4 Å². The summed E-state index contributed by atoms with van der Waals surface area (Å²) < 4.78 is 29.2. The van der Waals surface area contributed by atoms with Gasteiger partial charge in [-0.1, -0.05) is 30.3 Å². The van der Waals surface area contributed by atoms with Crippen molar-refractivity contribution in [1.29, 1.82) is 0 Å². The molecule has 3 rings (SSSR count). The van der Waals surface area contributed by atoms with Crippen molar-refractivity contribution in [3.8, 4) is 16.3 Å². The summed E-state index contributed by atoms with van der Waals surface area (Å²) in [6.45, 7) is 5.77. The normalized spacial score (nSPS) is 11.8. The fourth-order valence-corrected chi connectivity index (χ4v) is 4.45. The van der Waals surface area contributed by atoms with E-state index in [9.17, 15) is 9.36 Å². The summed E-state index contributed by atoms with van der Waals surface area (Å²) in [5.74, 6) is 0.133. The summed E-state index contributed by atoms with van der Waals surface area (Å²) in [5, 5.41) is 0.791. The topological polar surface area (TPSA) is 74.7 Å². The van der Waals surface area contributed by atoms with Crippen molar-refractivity contribution in [3.05, 3.63) is 48.0 Å². The maximum absolute atomic E-state index is 11.8. The molecule has 8 heteroatoms. The molecule has 0 amide bonds. The molecule has 2 aromatic carbocycles. The number of hydrogen-bond donors (Lipinski definition) is 0. The minimum atomic E-state index is -1.31. The van der Waals surface area contributed by atoms with Crippen LogP contribution in [0.2, 0.25) is 0 Å². The third kappa shape index (κ3) is 4.13. The van der Waals surface area contributed by atoms with E-state index in [1.165, 1.54) is 18.3 Å². The highest BCUT2D eigenvalue weighted by Crippen LogP contribution is 2.40. The highest BCUT2D eigenvalue weighted by atomic mass is 32.1. The Balaban J connectivity index is 1.97. The lowest BCUT2D eigenvalue weighted by molar-refractivity contribution is -0.176. The van der Waals surface area contributed by atoms with Crippen LogP contribution in [0, 0.1) is 0 Å². The lowest BCUT2D eigenvalue weighted by atomic mass is 10.1. The number of carbonyl (C=O) groups is 1. The van der Waals surface area contributed by atoms with Crippen LogP contribution in [0.1, 0.15) is 26.3 Å². The first-order chi connectivity index (χ1) is 13.5. The molecule has 0 N–H and O–H groups in total. The van der Waals surface area contributed by atoms with Crippen molar-refractivity contribution >= 4 is 36.0 Å². The van der Waals surface area contributed by atoms with Gasteiger partial charge in [0, 0.05) is 31.3 Å². The van der Waals surface area contributed by atoms with Gasteiger partial charge >= 0.3 is 5.97 Å². The molecule has 0 saturated heterocycles. The van der Waals surface area contributed by atoms with Crippen molar-refractivity contribution < 1.29 is 23.6 Å². The summed E-state index contributed by atoms with van der Waals surface area (Å²) in [5.41, 5.74) is 1.01. The minimum Gasteiger partial charge on any atom is -0.425 e. The first-order valence-corrected chi connectivity index (χ1v) is 10.5. The molecule has 0 fully saturated rings. The summed E-state index contributed by atoms with van der Waals surface area (Å²) in [6.07, 6.45) is 0. The Morgan fingerprint density at radius 1 is 1.11 bits per heavy atom. The monoisotopic (exact) mass is 417 g/mol. The molecule has 6 nitrogen and oxygen atoms in total. The van der Waals surface area contributed by atoms with Crippen molar-refractivity contribution in [2.45, 2.75) is 26.3 Å². The van der Waals surface area contributed by atoms with Crippen molar-refractivity contribution in [1.82, 2.24) is 4.98 Å². The SMILES string of the molecule is CCOC(OCC)(P=O)c1ccc(-c2nc3cccc(OC(C)=O)c3s2)cc1. The van der Waals surface area contributed by atoms with Crippen LogP contribution in [0.5, 0.6) is 5.75 Å². The van der Waals surface area contributed by atoms with Gasteiger partial charge in [0.2, 0.25) is 8.46 Å². The molecule has 0 spiro atoms. The standard InChI is InChI=1S/C20H20NO5PS/c1-4-24-20(27-23,25-5-2)15-11-9-14(10-12-15)19-21-16-7-6-8-17(18(16)28-19)26-13(3)22/h6-12H,4-5H2,1-3H3. The number of esters is 1. The molecule has 28 heavy (non-hydrogen) atoms. The number of carbonyl (C=O) groups excluding carboxylic acids is 1. The number of thiazole rings is 1. The third-order valence-corrected chi connectivity index (χ3v) is 5.82. The zero-order valence-corrected chi connectivity index (χ0v) is 17.5. The molecule has 1 aromatic heterocycles. The van der Waals surface area contributed by atoms with Gasteiger partial charge in [0.15, 0.2) is 0 Å². The van der Waals surface area contributed by atoms with Crippen LogP contribution < -0.4 is 4.74 Å². The smallest absolute Gasteiger partial charge is 0.308 e. The Labute approximate surface area is 168 Å². The third-order valence-electron chi connectivity index (χ3n) is 3.93. The average Bonchev–Trinajstić information content (AvgIpc) is 3.13. The predicted molar refractivity (Wildman–Crippen MR) is 109 cm³/mol. The van der Waals surface area contributed by atoms with Gasteiger partial charge < -0.3 is 14.2 Å². The van der Waals surface area contributed by atoms with Crippen LogP contribution >= 0.6 is 19.8 Å². The highest BCUT2D eigenvalue weighted by Gasteiger charge is 2.35. The minimum absolute atomic E-state index is 0.259. The fraction of sp³-hybridized carbons (Fsp3) is 0.300. The van der Waals surface area contributed by atoms with Gasteiger partial charge in [-0.25, -0.2) is 4.98 Å². The largest absolute Gasteiger partial charge is 0.425 e. The molecule has 0 aliphatic rings. The number of hydrogen-bond acceptors (Lipinski definition) is 7. The van der Waals surface area contributed by atoms with Crippen molar-refractivity contribution in [2.75, 3.05) is 13.2 Å². The van der Waals surface area contributed by atoms with Crippen LogP contribution in [0.4, 0.5) is 0 Å². The van der Waals surface area contributed by atoms with E-state index >= 15 is 0 Å². The Kier molecular flexibility index (Phi) is 6.52. The zero-order valence-electron chi connectivity index (χ0n) is 15.8. The number of aromatic nitrogens is 1. The van der Waals surface area contributed by atoms with E-state index < -0.39 is 5.53 Å². The summed E-state index contributed by atoms with van der Waals surface area (Å²) in [4.78, 5) is 15.9. The molecule has 0 atom stereocenters. The van der Waals surface area contributed by atoms with E-state index in [4.69, 9.17) is 14.2 Å². The molecular weight excluding hydrogens is 397 g/mol. The lowest BCUT2D eigenvalue weighted by Gasteiger charge is -2.26. The molecule has 1 heterocycles. The van der Waals surface area contributed by atoms with E-state index in [1.54, 1.807) is 12.1 Å². The number of nitrogens with zero attached hydrogens (tertiary/aromatic N) is 1. The van der Waals surface area contributed by atoms with Gasteiger partial charge in [-0.3, -0.25) is 9.36 Å². The summed E-state index contributed by atoms with van der Waals surface area (Å²) >= 11 is 1.44. The molecule has 0 unspecified atom stereocenters. The van der Waals surface area contributed by atoms with Gasteiger partial charge in [-0.05, 0) is 26.0 Å². The van der Waals surface area contributed by atoms with E-state index in [1.807, 2.05) is 44.2 Å². The Bertz CT molecular complexity index is 980. The van der Waals surface area contributed by atoms with Gasteiger partial charge in [0.05, 0.1) is 10.2 Å². The Morgan fingerprint density at radius 2 is 1.79 bits per heavy atom. The van der Waals surface area contributed by atoms with E-state index in [2.05, 4.69) is 4.98 Å². The maximum atomic E-state index is 11.8. The molecule has 0 aliphatic heterocycles.